The summed E-state index contributed by atoms with van der Waals surface area (Å²) in [5.74, 6) is 0.873. The van der Waals surface area contributed by atoms with Crippen molar-refractivity contribution in [1.29, 1.82) is 0 Å². The summed E-state index contributed by atoms with van der Waals surface area (Å²) < 4.78 is 1.69. The third-order valence-electron chi connectivity index (χ3n) is 5.48. The third kappa shape index (κ3) is 4.30. The number of nitrogens with zero attached hydrogens (tertiary/aromatic N) is 3. The Morgan fingerprint density at radius 2 is 1.70 bits per heavy atom. The summed E-state index contributed by atoms with van der Waals surface area (Å²) in [4.78, 5) is 33.2. The number of para-hydroxylation sites is 1. The molecule has 1 unspecified atom stereocenters. The molecule has 0 saturated carbocycles. The van der Waals surface area contributed by atoms with Crippen molar-refractivity contribution < 1.29 is 4.79 Å². The van der Waals surface area contributed by atoms with Gasteiger partial charge in [-0.25, -0.2) is 4.98 Å². The predicted octanol–water partition coefficient (Wildman–Crippen LogP) is 4.84. The Bertz CT molecular complexity index is 1080. The molecule has 158 valence electrons. The van der Waals surface area contributed by atoms with E-state index in [1.54, 1.807) is 10.6 Å². The first-order chi connectivity index (χ1) is 14.4. The molecule has 5 heteroatoms. The molecule has 0 aliphatic rings. The fourth-order valence-corrected chi connectivity index (χ4v) is 3.81. The third-order valence-corrected chi connectivity index (χ3v) is 5.48. The summed E-state index contributed by atoms with van der Waals surface area (Å²) in [6.07, 6.45) is 0.935. The van der Waals surface area contributed by atoms with E-state index in [0.717, 1.165) is 6.42 Å². The molecule has 0 bridgehead atoms. The van der Waals surface area contributed by atoms with Crippen LogP contribution in [0.2, 0.25) is 0 Å². The second-order valence-electron chi connectivity index (χ2n) is 8.11. The van der Waals surface area contributed by atoms with E-state index in [9.17, 15) is 9.59 Å². The van der Waals surface area contributed by atoms with E-state index in [2.05, 4.69) is 20.8 Å². The Morgan fingerprint density at radius 3 is 2.30 bits per heavy atom. The van der Waals surface area contributed by atoms with Crippen LogP contribution < -0.4 is 5.56 Å². The van der Waals surface area contributed by atoms with E-state index in [0.29, 0.717) is 35.4 Å². The van der Waals surface area contributed by atoms with E-state index < -0.39 is 0 Å². The molecule has 0 saturated heterocycles. The van der Waals surface area contributed by atoms with Gasteiger partial charge in [0, 0.05) is 18.7 Å². The molecule has 5 nitrogen and oxygen atoms in total. The molecule has 2 aromatic carbocycles. The van der Waals surface area contributed by atoms with Crippen molar-refractivity contribution in [2.45, 2.75) is 53.6 Å². The van der Waals surface area contributed by atoms with Gasteiger partial charge in [-0.2, -0.15) is 0 Å². The summed E-state index contributed by atoms with van der Waals surface area (Å²) in [7, 11) is 0. The van der Waals surface area contributed by atoms with Crippen LogP contribution >= 0.6 is 0 Å². The molecule has 1 amide bonds. The first-order valence-corrected chi connectivity index (χ1v) is 10.8. The second-order valence-corrected chi connectivity index (χ2v) is 8.11. The fraction of sp³-hybridized carbons (Fsp3) is 0.400. The lowest BCUT2D eigenvalue weighted by Gasteiger charge is -2.32. The maximum absolute atomic E-state index is 13.5. The minimum atomic E-state index is -0.331. The normalized spacial score (nSPS) is 12.3. The van der Waals surface area contributed by atoms with Gasteiger partial charge in [0.25, 0.3) is 11.5 Å². The highest BCUT2D eigenvalue weighted by atomic mass is 16.2. The minimum Gasteiger partial charge on any atom is -0.328 e. The second kappa shape index (κ2) is 9.24. The molecule has 0 spiro atoms. The topological polar surface area (TPSA) is 55.2 Å². The largest absolute Gasteiger partial charge is 0.328 e. The van der Waals surface area contributed by atoms with E-state index in [1.807, 2.05) is 61.2 Å². The first kappa shape index (κ1) is 21.8. The highest BCUT2D eigenvalue weighted by Crippen LogP contribution is 2.24. The Kier molecular flexibility index (Phi) is 6.70. The number of aryl methyl sites for hydroxylation is 1. The van der Waals surface area contributed by atoms with Crippen LogP contribution in [-0.4, -0.2) is 26.9 Å². The Hall–Kier alpha value is -2.95. The molecule has 1 atom stereocenters. The highest BCUT2D eigenvalue weighted by molar-refractivity contribution is 5.94. The molecular weight excluding hydrogens is 374 g/mol. The summed E-state index contributed by atoms with van der Waals surface area (Å²) >= 11 is 0. The monoisotopic (exact) mass is 405 g/mol. The Balaban J connectivity index is 2.08. The van der Waals surface area contributed by atoms with Crippen LogP contribution in [0.5, 0.6) is 0 Å². The van der Waals surface area contributed by atoms with Crippen LogP contribution in [0.4, 0.5) is 0 Å². The van der Waals surface area contributed by atoms with Crippen LogP contribution in [0.15, 0.2) is 53.3 Å². The molecule has 0 radical (unpaired) electrons. The average Bonchev–Trinajstić information content (AvgIpc) is 2.76. The zero-order valence-corrected chi connectivity index (χ0v) is 18.6. The standard InChI is InChI=1S/C25H31N3O2/c1-6-19-12-14-20(15-13-19)24(29)28(16-17(3)4)18(5)23-26-22-11-9-8-10-21(22)25(30)27(23)7-2/h8-15,17-18H,6-7,16H2,1-5H3. The number of amides is 1. The van der Waals surface area contributed by atoms with Crippen molar-refractivity contribution >= 4 is 16.8 Å². The van der Waals surface area contributed by atoms with Gasteiger partial charge in [0.1, 0.15) is 5.82 Å². The van der Waals surface area contributed by atoms with Crippen LogP contribution in [0.1, 0.15) is 62.4 Å². The van der Waals surface area contributed by atoms with Gasteiger partial charge in [0.15, 0.2) is 0 Å². The number of benzene rings is 2. The number of carbonyl (C=O) groups excluding carboxylic acids is 1. The molecule has 0 fully saturated rings. The molecule has 1 aromatic heterocycles. The SMILES string of the molecule is CCc1ccc(C(=O)N(CC(C)C)C(C)c2nc3ccccc3c(=O)n2CC)cc1. The summed E-state index contributed by atoms with van der Waals surface area (Å²) in [5.41, 5.74) is 2.46. The van der Waals surface area contributed by atoms with Gasteiger partial charge in [-0.3, -0.25) is 14.2 Å². The van der Waals surface area contributed by atoms with Crippen molar-refractivity contribution in [3.05, 3.63) is 75.8 Å². The quantitative estimate of drug-likeness (QED) is 0.565. The van der Waals surface area contributed by atoms with Crippen molar-refractivity contribution in [2.75, 3.05) is 6.54 Å². The number of fused-ring (bicyclic) bond motifs is 1. The minimum absolute atomic E-state index is 0.0380. The van der Waals surface area contributed by atoms with Crippen LogP contribution in [0, 0.1) is 5.92 Å². The molecular formula is C25H31N3O2. The molecule has 1 heterocycles. The highest BCUT2D eigenvalue weighted by Gasteiger charge is 2.27. The lowest BCUT2D eigenvalue weighted by molar-refractivity contribution is 0.0653. The zero-order chi connectivity index (χ0) is 21.8. The van der Waals surface area contributed by atoms with E-state index >= 15 is 0 Å². The van der Waals surface area contributed by atoms with Gasteiger partial charge < -0.3 is 4.90 Å². The Labute approximate surface area is 178 Å². The number of hydrogen-bond acceptors (Lipinski definition) is 3. The number of aromatic nitrogens is 2. The van der Waals surface area contributed by atoms with Gasteiger partial charge in [-0.15, -0.1) is 0 Å². The van der Waals surface area contributed by atoms with E-state index in [-0.39, 0.29) is 23.4 Å². The van der Waals surface area contributed by atoms with Crippen molar-refractivity contribution in [3.8, 4) is 0 Å². The van der Waals surface area contributed by atoms with Gasteiger partial charge in [-0.1, -0.05) is 45.0 Å². The van der Waals surface area contributed by atoms with Crippen molar-refractivity contribution in [1.82, 2.24) is 14.5 Å². The maximum atomic E-state index is 13.5. The van der Waals surface area contributed by atoms with Gasteiger partial charge in [0.2, 0.25) is 0 Å². The summed E-state index contributed by atoms with van der Waals surface area (Å²) in [6.45, 7) is 11.3. The number of carbonyl (C=O) groups is 1. The molecule has 0 N–H and O–H groups in total. The van der Waals surface area contributed by atoms with Gasteiger partial charge >= 0.3 is 0 Å². The molecule has 3 aromatic rings. The first-order valence-electron chi connectivity index (χ1n) is 10.8. The molecule has 0 aliphatic carbocycles. The lowest BCUT2D eigenvalue weighted by Crippen LogP contribution is -2.39. The van der Waals surface area contributed by atoms with Crippen LogP contribution in [0.25, 0.3) is 10.9 Å². The van der Waals surface area contributed by atoms with Crippen molar-refractivity contribution in [3.63, 3.8) is 0 Å². The Morgan fingerprint density at radius 1 is 1.03 bits per heavy atom. The number of hydrogen-bond donors (Lipinski definition) is 0. The van der Waals surface area contributed by atoms with Crippen LogP contribution in [0.3, 0.4) is 0 Å². The average molecular weight is 406 g/mol. The fourth-order valence-electron chi connectivity index (χ4n) is 3.81. The molecule has 30 heavy (non-hydrogen) atoms. The van der Waals surface area contributed by atoms with E-state index in [4.69, 9.17) is 4.98 Å². The van der Waals surface area contributed by atoms with Gasteiger partial charge in [0.05, 0.1) is 16.9 Å². The van der Waals surface area contributed by atoms with E-state index in [1.165, 1.54) is 5.56 Å². The van der Waals surface area contributed by atoms with Gasteiger partial charge in [-0.05, 0) is 56.0 Å². The maximum Gasteiger partial charge on any atom is 0.261 e. The predicted molar refractivity (Wildman–Crippen MR) is 122 cm³/mol. The summed E-state index contributed by atoms with van der Waals surface area (Å²) in [6, 6.07) is 14.8. The molecule has 0 aliphatic heterocycles. The lowest BCUT2D eigenvalue weighted by atomic mass is 10.1. The zero-order valence-electron chi connectivity index (χ0n) is 18.6. The number of rotatable bonds is 7. The summed E-state index contributed by atoms with van der Waals surface area (Å²) in [5, 5.41) is 0.604. The van der Waals surface area contributed by atoms with Crippen LogP contribution in [-0.2, 0) is 13.0 Å². The molecule has 3 rings (SSSR count). The smallest absolute Gasteiger partial charge is 0.261 e. The van der Waals surface area contributed by atoms with Crippen molar-refractivity contribution in [2.24, 2.45) is 5.92 Å².